The number of aliphatic hydroxyl groups excluding tert-OH is 1. The highest BCUT2D eigenvalue weighted by Crippen LogP contribution is 2.55. The molecule has 24 heteroatoms. The second kappa shape index (κ2) is 47.2. The first-order chi connectivity index (χ1) is 61.3. The van der Waals surface area contributed by atoms with Gasteiger partial charge in [-0.25, -0.2) is 4.99 Å². The second-order valence-corrected chi connectivity index (χ2v) is 35.0. The summed E-state index contributed by atoms with van der Waals surface area (Å²) in [7, 11) is 6.15. The number of benzene rings is 10. The van der Waals surface area contributed by atoms with Crippen LogP contribution in [0.4, 0.5) is 41.6 Å². The summed E-state index contributed by atoms with van der Waals surface area (Å²) in [6, 6.07) is 79.8. The molecule has 5 heterocycles. The number of nitrogens with two attached hydrogens (primary N) is 2. The number of hydrogen-bond donors (Lipinski definition) is 7. The van der Waals surface area contributed by atoms with Crippen LogP contribution in [0, 0.1) is 5.92 Å². The van der Waals surface area contributed by atoms with Crippen LogP contribution in [0.15, 0.2) is 269 Å². The van der Waals surface area contributed by atoms with Crippen LogP contribution in [0.5, 0.6) is 5.75 Å². The number of carboxylic acids is 1. The van der Waals surface area contributed by atoms with Crippen LogP contribution in [0.3, 0.4) is 0 Å². The van der Waals surface area contributed by atoms with E-state index in [0.29, 0.717) is 47.8 Å². The highest BCUT2D eigenvalue weighted by molar-refractivity contribution is 7.99. The molecule has 11 aromatic rings. The third-order valence-corrected chi connectivity index (χ3v) is 26.4. The van der Waals surface area contributed by atoms with Gasteiger partial charge in [-0.05, 0) is 240 Å². The standard InChI is InChI=1S/C22H26F3N3OS.C19H21N.C18H19ClN4.C18H19NOS.C15H22N2O.C10H12ClNO2/c23-22(24,25)17-6-7-21-19(16-17)28(18-4-1-2-5-20(18)30-21)9-3-8-26-10-12-27(13-11-26)14-15-29;1-20-14-6-11-19-17-9-4-2-7-15(17)12-13-16-8-3-5-10-18(16)19;1-22-8-10-23(11-9-22)18-14-4-2-3-5-15(14)20-16-7-6-13(19)12-17(16)21-18;1-19-12-11-17(18-10-5-13-21-18)20-16-9-4-7-14-6-2-3-8-15(14)16;1-3-17(4-2)14(18)15(10-13(15)11-16)12-8-6-5-7-9-12;11-9-3-1-7(2-4-9)8(6-12)5-10(13)14/h1-2,4-7,16,29H,3,8-15H2;2-5,7-11,20H,6,12-14H2,1H3;2-7,12,20H,8-11H2,1H3;2-10,13,17,19H,11-12H2,1H3;5-9,13H,3-4,10-11,16H2,1-2H3;1-4,8H,5-6,12H2,(H,13,14)/t;;;17-;13-,15?;/m...01./s1. The number of halogens is 5. The number of para-hydroxylation sites is 2. The molecule has 6 aliphatic rings. The fourth-order valence-corrected chi connectivity index (χ4v) is 18.9. The summed E-state index contributed by atoms with van der Waals surface area (Å²) in [6.45, 7) is 18.8. The van der Waals surface area contributed by atoms with Crippen molar-refractivity contribution in [2.45, 2.75) is 92.2 Å². The van der Waals surface area contributed by atoms with Gasteiger partial charge in [0.05, 0.1) is 46.8 Å². The average molecular weight is 1790 g/mol. The Bertz CT molecular complexity index is 5310. The number of piperazine rings is 2. The molecule has 2 unspecified atom stereocenters. The molecule has 126 heavy (non-hydrogen) atoms. The van der Waals surface area contributed by atoms with Crippen molar-refractivity contribution in [3.05, 3.63) is 314 Å². The van der Waals surface area contributed by atoms with E-state index in [0.717, 1.165) is 184 Å². The van der Waals surface area contributed by atoms with E-state index in [9.17, 15) is 22.8 Å². The molecule has 9 N–H and O–H groups in total. The second-order valence-electron chi connectivity index (χ2n) is 32.1. The summed E-state index contributed by atoms with van der Waals surface area (Å²) < 4.78 is 46.3. The van der Waals surface area contributed by atoms with Gasteiger partial charge in [0.25, 0.3) is 0 Å². The number of alkyl halides is 3. The Morgan fingerprint density at radius 2 is 1.29 bits per heavy atom. The Labute approximate surface area is 759 Å². The molecule has 2 saturated heterocycles. The smallest absolute Gasteiger partial charge is 0.416 e. The maximum Gasteiger partial charge on any atom is 0.416 e. The van der Waals surface area contributed by atoms with Crippen LogP contribution in [0.1, 0.15) is 107 Å². The van der Waals surface area contributed by atoms with Crippen molar-refractivity contribution in [3.8, 4) is 5.75 Å². The molecule has 0 spiro atoms. The average Bonchev–Trinajstić information content (AvgIpc) is 1.54. The Hall–Kier alpha value is -9.89. The largest absolute Gasteiger partial charge is 0.484 e. The van der Waals surface area contributed by atoms with Crippen LogP contribution in [-0.2, 0) is 34.0 Å². The summed E-state index contributed by atoms with van der Waals surface area (Å²) in [5.74, 6) is 1.56. The number of rotatable bonds is 24. The van der Waals surface area contributed by atoms with E-state index in [4.69, 9.17) is 54.6 Å². The van der Waals surface area contributed by atoms with Gasteiger partial charge in [-0.1, -0.05) is 199 Å². The number of fused-ring (bicyclic) bond motifs is 7. The van der Waals surface area contributed by atoms with Crippen molar-refractivity contribution in [1.82, 2.24) is 35.1 Å². The molecule has 1 aromatic heterocycles. The molecule has 10 aromatic carbocycles. The van der Waals surface area contributed by atoms with Gasteiger partial charge in [-0.15, -0.1) is 11.3 Å². The number of nitrogens with zero attached hydrogens (tertiary/aromatic N) is 7. The van der Waals surface area contributed by atoms with Crippen molar-refractivity contribution in [2.75, 3.05) is 149 Å². The maximum atomic E-state index is 13.3. The van der Waals surface area contributed by atoms with Crippen molar-refractivity contribution in [1.29, 1.82) is 0 Å². The molecule has 17 rings (SSSR count). The lowest BCUT2D eigenvalue weighted by Crippen LogP contribution is -2.47. The SMILES string of the molecule is CCN(CC)C(=O)C1(c2ccccc2)C[C@@H]1CN.CN1CCN(C2=Nc3cc(Cl)ccc3Nc3ccccc32)CC1.CNCCC=C1c2ccccc2CCc2ccccc21.CNCC[C@H](Oc1cccc2ccccc12)c1cccs1.NCC(CC(=O)O)c1ccc(Cl)cc1.OCCN1CCN(CCCN2c3ccccc3Sc3ccc(C(F)(F)F)cc32)CC1. The number of aliphatic imine (C=N–C) groups is 1. The van der Waals surface area contributed by atoms with Crippen LogP contribution in [0.25, 0.3) is 16.3 Å². The molecule has 2 aliphatic carbocycles. The number of aliphatic hydroxyl groups is 1. The molecule has 1 amide bonds. The lowest BCUT2D eigenvalue weighted by atomic mass is 9.91. The summed E-state index contributed by atoms with van der Waals surface area (Å²) in [5.41, 5.74) is 25.3. The van der Waals surface area contributed by atoms with Crippen LogP contribution in [-0.4, -0.2) is 191 Å². The number of aliphatic carboxylic acids is 1. The summed E-state index contributed by atoms with van der Waals surface area (Å²) >= 11 is 15.2. The lowest BCUT2D eigenvalue weighted by molar-refractivity contribution is -0.138. The minimum Gasteiger partial charge on any atom is -0.484 e. The van der Waals surface area contributed by atoms with Gasteiger partial charge in [0.1, 0.15) is 17.7 Å². The molecule has 0 radical (unpaired) electrons. The topological polar surface area (TPSA) is 204 Å². The first-order valence-corrected chi connectivity index (χ1v) is 46.3. The third-order valence-electron chi connectivity index (χ3n) is 23.8. The minimum atomic E-state index is -4.35. The molecule has 0 bridgehead atoms. The van der Waals surface area contributed by atoms with Gasteiger partial charge in [-0.2, -0.15) is 13.2 Å². The predicted molar refractivity (Wildman–Crippen MR) is 515 cm³/mol. The number of amidine groups is 1. The molecule has 4 aliphatic heterocycles. The van der Waals surface area contributed by atoms with Crippen molar-refractivity contribution in [3.63, 3.8) is 0 Å². The highest BCUT2D eigenvalue weighted by atomic mass is 35.5. The molecular weight excluding hydrogens is 1670 g/mol. The number of β-amino-alcohol motifs (C(OH)–C–C–N with tert-alkyl or cyclic N) is 1. The van der Waals surface area contributed by atoms with Crippen LogP contribution >= 0.6 is 46.3 Å². The van der Waals surface area contributed by atoms with Gasteiger partial charge < -0.3 is 66.9 Å². The van der Waals surface area contributed by atoms with E-state index < -0.39 is 17.7 Å². The van der Waals surface area contributed by atoms with Gasteiger partial charge in [0.15, 0.2) is 0 Å². The molecule has 4 atom stereocenters. The lowest BCUT2D eigenvalue weighted by Gasteiger charge is -2.36. The number of carbonyl (C=O) groups is 2. The summed E-state index contributed by atoms with van der Waals surface area (Å²) in [4.78, 5) is 44.8. The Morgan fingerprint density at radius 1 is 0.667 bits per heavy atom. The Kier molecular flexibility index (Phi) is 35.7. The third kappa shape index (κ3) is 25.3. The van der Waals surface area contributed by atoms with Gasteiger partial charge in [0, 0.05) is 132 Å². The fraction of sp³-hybridized carbons (Fsp3) is 0.343. The maximum absolute atomic E-state index is 13.3. The van der Waals surface area contributed by atoms with Crippen LogP contribution in [0.2, 0.25) is 10.0 Å². The van der Waals surface area contributed by atoms with E-state index >= 15 is 0 Å². The molecule has 3 fully saturated rings. The number of aryl methyl sites for hydroxylation is 2. The van der Waals surface area contributed by atoms with Gasteiger partial charge in [0.2, 0.25) is 5.91 Å². The van der Waals surface area contributed by atoms with E-state index in [1.165, 1.54) is 67.4 Å². The number of amides is 1. The molecule has 17 nitrogen and oxygen atoms in total. The van der Waals surface area contributed by atoms with Crippen molar-refractivity contribution in [2.24, 2.45) is 22.4 Å². The number of thiophene rings is 1. The number of anilines is 4. The first kappa shape index (κ1) is 95.2. The van der Waals surface area contributed by atoms with Gasteiger partial charge >= 0.3 is 12.1 Å². The molecule has 1 saturated carbocycles. The van der Waals surface area contributed by atoms with Gasteiger partial charge in [-0.3, -0.25) is 14.5 Å². The summed E-state index contributed by atoms with van der Waals surface area (Å²) in [6.07, 6.45) is 4.25. The highest BCUT2D eigenvalue weighted by Gasteiger charge is 2.61. The zero-order valence-corrected chi connectivity index (χ0v) is 75.9. The zero-order chi connectivity index (χ0) is 89.0. The predicted octanol–water partition coefficient (Wildman–Crippen LogP) is 20.1. The zero-order valence-electron chi connectivity index (χ0n) is 72.8. The number of carbonyl (C=O) groups excluding carboxylic acids is 1. The number of likely N-dealkylation sites (N-methyl/N-ethyl adjacent to an activating group) is 2. The number of nitrogens with one attached hydrogen (secondary N) is 3. The van der Waals surface area contributed by atoms with Crippen LogP contribution < -0.4 is 37.1 Å². The first-order valence-electron chi connectivity index (χ1n) is 43.8. The normalized spacial score (nSPS) is 16.7. The number of carboxylic acid groups (broad SMARTS) is 1. The Morgan fingerprint density at radius 3 is 1.94 bits per heavy atom. The summed E-state index contributed by atoms with van der Waals surface area (Å²) in [5, 5.41) is 33.5. The van der Waals surface area contributed by atoms with E-state index in [2.05, 4.69) is 188 Å². The van der Waals surface area contributed by atoms with E-state index in [1.54, 1.807) is 29.5 Å². The quantitative estimate of drug-likeness (QED) is 0.0281. The van der Waals surface area contributed by atoms with Crippen molar-refractivity contribution < 1.29 is 37.7 Å². The Balaban J connectivity index is 0.000000139. The minimum absolute atomic E-state index is 0.0537. The van der Waals surface area contributed by atoms with Crippen molar-refractivity contribution >= 4 is 109 Å². The molecular formula is C102H119Cl2F3N12O5S2. The number of hydrogen-bond acceptors (Lipinski definition) is 17. The molecule has 664 valence electrons. The monoisotopic (exact) mass is 1780 g/mol. The van der Waals surface area contributed by atoms with E-state index in [1.807, 2.05) is 117 Å². The van der Waals surface area contributed by atoms with E-state index in [-0.39, 0.29) is 36.4 Å². The number of ether oxygens (including phenoxy) is 1. The fourth-order valence-electron chi connectivity index (χ4n) is 16.8.